The first-order valence-corrected chi connectivity index (χ1v) is 14.7. The summed E-state index contributed by atoms with van der Waals surface area (Å²) >= 11 is 0. The number of hydrogen-bond acceptors (Lipinski definition) is 8. The molecule has 10 nitrogen and oxygen atoms in total. The molecule has 4 rings (SSSR count). The maximum atomic E-state index is 14.7. The van der Waals surface area contributed by atoms with Gasteiger partial charge in [-0.2, -0.15) is 0 Å². The molecule has 1 amide bonds. The van der Waals surface area contributed by atoms with Crippen LogP contribution >= 0.6 is 0 Å². The van der Waals surface area contributed by atoms with E-state index in [0.717, 1.165) is 12.1 Å². The number of nitrogens with one attached hydrogen (secondary N) is 3. The Labute approximate surface area is 269 Å². The number of rotatable bonds is 13. The second kappa shape index (κ2) is 15.3. The van der Waals surface area contributed by atoms with E-state index in [9.17, 15) is 22.4 Å². The van der Waals surface area contributed by atoms with Crippen molar-refractivity contribution in [2.24, 2.45) is 0 Å². The lowest BCUT2D eigenvalue weighted by atomic mass is 10.1. The van der Waals surface area contributed by atoms with Crippen molar-refractivity contribution in [3.05, 3.63) is 101 Å². The molecule has 5 N–H and O–H groups in total. The van der Waals surface area contributed by atoms with E-state index in [0.29, 0.717) is 22.5 Å². The van der Waals surface area contributed by atoms with Gasteiger partial charge >= 0.3 is 6.09 Å². The number of carbonyl (C=O) groups is 1. The number of halogens is 4. The van der Waals surface area contributed by atoms with Gasteiger partial charge in [-0.1, -0.05) is 12.1 Å². The van der Waals surface area contributed by atoms with Crippen molar-refractivity contribution in [2.45, 2.75) is 52.7 Å². The summed E-state index contributed by atoms with van der Waals surface area (Å²) in [5.74, 6) is -1.10. The number of anilines is 3. The Morgan fingerprint density at radius 2 is 1.77 bits per heavy atom. The highest BCUT2D eigenvalue weighted by Gasteiger charge is 2.22. The number of ether oxygens (including phenoxy) is 2. The quantitative estimate of drug-likeness (QED) is 0.110. The smallest absolute Gasteiger partial charge is 0.407 e. The lowest BCUT2D eigenvalue weighted by molar-refractivity contribution is -0.112. The first kappa shape index (κ1) is 34.6. The normalized spacial score (nSPS) is 11.3. The number of alkyl carbamates (subject to hydrolysis) is 1. The number of amides is 1. The van der Waals surface area contributed by atoms with Gasteiger partial charge in [0.25, 0.3) is 12.1 Å². The fourth-order valence-corrected chi connectivity index (χ4v) is 4.40. The highest BCUT2D eigenvalue weighted by Crippen LogP contribution is 2.26. The average molecular weight is 655 g/mol. The molecular weight excluding hydrogens is 618 g/mol. The Kier molecular flexibility index (Phi) is 11.3. The average Bonchev–Trinajstić information content (AvgIpc) is 3.00. The number of aromatic nitrogens is 3. The van der Waals surface area contributed by atoms with Crippen molar-refractivity contribution in [1.29, 1.82) is 0 Å². The van der Waals surface area contributed by atoms with Crippen molar-refractivity contribution in [1.82, 2.24) is 20.3 Å². The van der Waals surface area contributed by atoms with E-state index in [1.165, 1.54) is 24.5 Å². The first-order valence-electron chi connectivity index (χ1n) is 14.7. The van der Waals surface area contributed by atoms with Crippen molar-refractivity contribution in [2.75, 3.05) is 23.8 Å². The van der Waals surface area contributed by atoms with Crippen molar-refractivity contribution >= 4 is 29.0 Å². The minimum absolute atomic E-state index is 0.0899. The van der Waals surface area contributed by atoms with Gasteiger partial charge in [0.2, 0.25) is 5.82 Å². The van der Waals surface area contributed by atoms with Crippen LogP contribution in [0.3, 0.4) is 0 Å². The number of nitrogens with zero attached hydrogens (tertiary/aromatic N) is 3. The van der Waals surface area contributed by atoms with E-state index in [1.807, 2.05) is 0 Å². The fraction of sp³-hybridized carbons (Fsp3) is 0.303. The van der Waals surface area contributed by atoms with Crippen LogP contribution in [0.15, 0.2) is 60.9 Å². The highest BCUT2D eigenvalue weighted by molar-refractivity contribution is 6.10. The van der Waals surface area contributed by atoms with Gasteiger partial charge in [0, 0.05) is 60.1 Å². The molecule has 0 fully saturated rings. The van der Waals surface area contributed by atoms with E-state index < -0.39 is 35.4 Å². The summed E-state index contributed by atoms with van der Waals surface area (Å²) in [6.07, 6.45) is -0.385. The third-order valence-electron chi connectivity index (χ3n) is 6.53. The third-order valence-corrected chi connectivity index (χ3v) is 6.53. The number of hydrogen-bond donors (Lipinski definition) is 4. The van der Waals surface area contributed by atoms with Gasteiger partial charge in [-0.3, -0.25) is 10.4 Å². The largest absolute Gasteiger partial charge is 0.494 e. The van der Waals surface area contributed by atoms with Gasteiger partial charge in [-0.05, 0) is 58.4 Å². The molecule has 0 atom stereocenters. The van der Waals surface area contributed by atoms with Crippen LogP contribution in [-0.2, 0) is 17.7 Å². The molecule has 0 aliphatic carbocycles. The van der Waals surface area contributed by atoms with E-state index in [2.05, 4.69) is 30.9 Å². The van der Waals surface area contributed by atoms with Gasteiger partial charge in [-0.25, -0.2) is 32.3 Å². The van der Waals surface area contributed by atoms with Crippen LogP contribution in [0, 0.1) is 11.6 Å². The minimum Gasteiger partial charge on any atom is -0.494 e. The molecule has 2 aromatic carbocycles. The summed E-state index contributed by atoms with van der Waals surface area (Å²) in [5, 5.41) is 15.3. The number of nitrogens with two attached hydrogens (primary N) is 1. The van der Waals surface area contributed by atoms with E-state index >= 15 is 0 Å². The van der Waals surface area contributed by atoms with Crippen LogP contribution in [-0.4, -0.2) is 45.5 Å². The van der Waals surface area contributed by atoms with Crippen LogP contribution in [0.4, 0.5) is 39.5 Å². The maximum Gasteiger partial charge on any atom is 0.407 e. The maximum absolute atomic E-state index is 14.7. The third kappa shape index (κ3) is 9.61. The minimum atomic E-state index is -2.78. The lowest BCUT2D eigenvalue weighted by Crippen LogP contribution is -2.42. The topological polar surface area (TPSA) is 136 Å². The second-order valence-corrected chi connectivity index (χ2v) is 11.3. The molecule has 248 valence electrons. The Hall–Kier alpha value is -5.27. The molecule has 0 radical (unpaired) electrons. The monoisotopic (exact) mass is 654 g/mol. The highest BCUT2D eigenvalue weighted by atomic mass is 19.3. The molecule has 0 unspecified atom stereocenters. The van der Waals surface area contributed by atoms with Crippen LogP contribution in [0.5, 0.6) is 5.75 Å². The summed E-state index contributed by atoms with van der Waals surface area (Å²) < 4.78 is 66.6. The summed E-state index contributed by atoms with van der Waals surface area (Å²) in [6, 6.07) is 11.8. The molecular formula is C33H36F4N7O3+. The Morgan fingerprint density at radius 3 is 2.45 bits per heavy atom. The summed E-state index contributed by atoms with van der Waals surface area (Å²) in [7, 11) is 0. The van der Waals surface area contributed by atoms with Gasteiger partial charge < -0.3 is 25.4 Å². The van der Waals surface area contributed by atoms with E-state index in [4.69, 9.17) is 14.9 Å². The number of pyridine rings is 1. The summed E-state index contributed by atoms with van der Waals surface area (Å²) in [5.41, 5.74) is 0.580. The number of alkyl halides is 2. The van der Waals surface area contributed by atoms with E-state index in [-0.39, 0.29) is 54.8 Å². The molecule has 0 spiro atoms. The molecule has 0 saturated heterocycles. The molecule has 0 aliphatic heterocycles. The fourth-order valence-electron chi connectivity index (χ4n) is 4.40. The molecule has 14 heteroatoms. The zero-order valence-corrected chi connectivity index (χ0v) is 26.3. The second-order valence-electron chi connectivity index (χ2n) is 11.3. The molecule has 4 aromatic rings. The van der Waals surface area contributed by atoms with Gasteiger partial charge in [-0.15, -0.1) is 0 Å². The van der Waals surface area contributed by atoms with Crippen molar-refractivity contribution < 1.29 is 37.2 Å². The van der Waals surface area contributed by atoms with Crippen molar-refractivity contribution in [3.63, 3.8) is 0 Å². The van der Waals surface area contributed by atoms with Gasteiger partial charge in [0.15, 0.2) is 0 Å². The summed E-state index contributed by atoms with van der Waals surface area (Å²) in [6.45, 7) is 7.18. The Balaban J connectivity index is 1.60. The Bertz CT molecular complexity index is 1710. The lowest BCUT2D eigenvalue weighted by Gasteiger charge is -2.19. The molecule has 0 bridgehead atoms. The summed E-state index contributed by atoms with van der Waals surface area (Å²) in [4.78, 5) is 24.9. The predicted molar refractivity (Wildman–Crippen MR) is 169 cm³/mol. The predicted octanol–water partition coefficient (Wildman–Crippen LogP) is 5.51. The first-order chi connectivity index (χ1) is 22.3. The standard InChI is InChI=1S/C33H35F4N7O3/c1-5-46-21-15-24(34)23(25(35)16-21)18-41-26-9-7-6-8-22(26)28(38)31-42-17-19(10-12-40-32(45)47-33(2,3)4)30(44-31)43-20-11-13-39-27(14-20)29(36)37/h6-9,11,13-17,29,38,41H,5,10,12,18H2,1-4H3,(H,40,45)(H,39,42,43,44)/p+1. The zero-order valence-electron chi connectivity index (χ0n) is 26.3. The molecule has 0 aliphatic rings. The van der Waals surface area contributed by atoms with Gasteiger partial charge in [0.05, 0.1) is 12.2 Å². The zero-order chi connectivity index (χ0) is 34.1. The number of carbonyl (C=O) groups excluding carboxylic acids is 1. The van der Waals surface area contributed by atoms with Crippen LogP contribution in [0.2, 0.25) is 0 Å². The van der Waals surface area contributed by atoms with Crippen molar-refractivity contribution in [3.8, 4) is 5.75 Å². The van der Waals surface area contributed by atoms with Crippen LogP contribution in [0.25, 0.3) is 0 Å². The van der Waals surface area contributed by atoms with Crippen LogP contribution in [0.1, 0.15) is 62.3 Å². The molecule has 0 saturated carbocycles. The Morgan fingerprint density at radius 1 is 1.04 bits per heavy atom. The number of benzene rings is 2. The van der Waals surface area contributed by atoms with Gasteiger partial charge in [0.1, 0.15) is 34.5 Å². The molecule has 2 aromatic heterocycles. The SMILES string of the molecule is CCOc1cc(F)c(CNc2ccccc2C(=[NH2+])c2ncc(CCNC(=O)OC(C)(C)C)c(Nc3ccnc(C(F)F)c3)n2)c(F)c1. The van der Waals surface area contributed by atoms with E-state index in [1.54, 1.807) is 52.0 Å². The number of para-hydroxylation sites is 1. The molecule has 47 heavy (non-hydrogen) atoms. The van der Waals surface area contributed by atoms with Crippen LogP contribution < -0.4 is 26.1 Å². The molecule has 2 heterocycles.